The number of nitrogens with zero attached hydrogens (tertiary/aromatic N) is 3. The normalized spacial score (nSPS) is 14.2. The Morgan fingerprint density at radius 3 is 2.92 bits per heavy atom. The minimum Gasteiger partial charge on any atom is -0.462 e. The number of hydrogen-bond donors (Lipinski definition) is 0. The first-order valence-electron chi connectivity index (χ1n) is 8.82. The van der Waals surface area contributed by atoms with Crippen LogP contribution in [0.5, 0.6) is 0 Å². The van der Waals surface area contributed by atoms with E-state index in [0.717, 1.165) is 21.5 Å². The van der Waals surface area contributed by atoms with E-state index < -0.39 is 0 Å². The van der Waals surface area contributed by atoms with Crippen molar-refractivity contribution in [2.24, 2.45) is 0 Å². The summed E-state index contributed by atoms with van der Waals surface area (Å²) in [5.41, 5.74) is 3.38. The Balaban J connectivity index is 1.77. The summed E-state index contributed by atoms with van der Waals surface area (Å²) in [4.78, 5) is 17.1. The predicted octanol–water partition coefficient (Wildman–Crippen LogP) is 4.85. The number of rotatable bonds is 4. The third kappa shape index (κ3) is 2.69. The summed E-state index contributed by atoms with van der Waals surface area (Å²) in [7, 11) is 0. The summed E-state index contributed by atoms with van der Waals surface area (Å²) in [5.74, 6) is -0.330. The second-order valence-electron chi connectivity index (χ2n) is 6.53. The minimum atomic E-state index is -0.330. The molecule has 3 aromatic rings. The van der Waals surface area contributed by atoms with E-state index in [4.69, 9.17) is 4.74 Å². The van der Waals surface area contributed by atoms with Crippen molar-refractivity contribution in [3.63, 3.8) is 0 Å². The van der Waals surface area contributed by atoms with Gasteiger partial charge < -0.3 is 9.30 Å². The molecule has 0 N–H and O–H groups in total. The van der Waals surface area contributed by atoms with Crippen molar-refractivity contribution in [3.8, 4) is 16.6 Å². The number of nitriles is 1. The summed E-state index contributed by atoms with van der Waals surface area (Å²) in [6.45, 7) is 3.95. The lowest BCUT2D eigenvalue weighted by atomic mass is 9.93. The van der Waals surface area contributed by atoms with Crippen molar-refractivity contribution < 1.29 is 9.53 Å². The number of fused-ring (bicyclic) bond motifs is 1. The molecule has 132 valence electrons. The topological polar surface area (TPSA) is 67.9 Å². The van der Waals surface area contributed by atoms with Gasteiger partial charge in [-0.25, -0.2) is 9.78 Å². The molecule has 5 nitrogen and oxygen atoms in total. The lowest BCUT2D eigenvalue weighted by molar-refractivity contribution is 0.0531. The van der Waals surface area contributed by atoms with Crippen LogP contribution in [0, 0.1) is 18.3 Å². The quantitative estimate of drug-likeness (QED) is 0.620. The van der Waals surface area contributed by atoms with Gasteiger partial charge in [0, 0.05) is 28.7 Å². The molecule has 0 radical (unpaired) electrons. The molecular weight excluding hydrogens is 346 g/mol. The van der Waals surface area contributed by atoms with Gasteiger partial charge in [-0.15, -0.1) is 11.3 Å². The van der Waals surface area contributed by atoms with Crippen molar-refractivity contribution in [1.29, 1.82) is 5.26 Å². The fourth-order valence-corrected chi connectivity index (χ4v) is 4.31. The number of hydrogen-bond acceptors (Lipinski definition) is 5. The highest BCUT2D eigenvalue weighted by atomic mass is 32.1. The van der Waals surface area contributed by atoms with Gasteiger partial charge in [0.05, 0.1) is 17.9 Å². The Morgan fingerprint density at radius 2 is 2.27 bits per heavy atom. The van der Waals surface area contributed by atoms with Crippen LogP contribution in [0.1, 0.15) is 53.2 Å². The molecule has 0 spiro atoms. The molecule has 0 unspecified atom stereocenters. The lowest BCUT2D eigenvalue weighted by Crippen LogP contribution is -2.15. The second-order valence-corrected chi connectivity index (χ2v) is 7.53. The van der Waals surface area contributed by atoms with Crippen LogP contribution in [0.15, 0.2) is 24.4 Å². The number of ether oxygens (including phenoxy) is 1. The standard InChI is InChI=1S/C20H19N3O2S/c1-3-25-20(24)18-12(2)22-19(26-18)13-7-8-17-16(9-13)14(10-21)11-23(17)15-5-4-6-15/h7-9,11,15H,3-6H2,1-2H3. The van der Waals surface area contributed by atoms with Gasteiger partial charge in [-0.1, -0.05) is 0 Å². The number of thiazole rings is 1. The monoisotopic (exact) mass is 365 g/mol. The van der Waals surface area contributed by atoms with E-state index in [1.165, 1.54) is 30.6 Å². The SMILES string of the molecule is CCOC(=O)c1sc(-c2ccc3c(c2)c(C#N)cn3C2CCC2)nc1C. The summed E-state index contributed by atoms with van der Waals surface area (Å²) >= 11 is 1.34. The van der Waals surface area contributed by atoms with E-state index in [-0.39, 0.29) is 5.97 Å². The maximum absolute atomic E-state index is 12.0. The molecule has 0 saturated heterocycles. The smallest absolute Gasteiger partial charge is 0.350 e. The van der Waals surface area contributed by atoms with Gasteiger partial charge in [-0.05, 0) is 51.3 Å². The molecule has 2 heterocycles. The van der Waals surface area contributed by atoms with Gasteiger partial charge in [0.2, 0.25) is 0 Å². The molecule has 1 aromatic carbocycles. The largest absolute Gasteiger partial charge is 0.462 e. The van der Waals surface area contributed by atoms with Crippen LogP contribution < -0.4 is 0 Å². The Hall–Kier alpha value is -2.65. The number of carbonyl (C=O) groups is 1. The Labute approximate surface area is 155 Å². The van der Waals surface area contributed by atoms with Crippen molar-refractivity contribution in [1.82, 2.24) is 9.55 Å². The van der Waals surface area contributed by atoms with E-state index in [2.05, 4.69) is 21.7 Å². The van der Waals surface area contributed by atoms with Gasteiger partial charge in [0.1, 0.15) is 16.0 Å². The van der Waals surface area contributed by atoms with Crippen LogP contribution in [0.2, 0.25) is 0 Å². The highest BCUT2D eigenvalue weighted by Crippen LogP contribution is 2.38. The molecule has 4 rings (SSSR count). The molecule has 0 amide bonds. The number of aryl methyl sites for hydroxylation is 1. The first-order chi connectivity index (χ1) is 12.6. The molecule has 2 aromatic heterocycles. The van der Waals surface area contributed by atoms with E-state index in [1.807, 2.05) is 25.3 Å². The van der Waals surface area contributed by atoms with Gasteiger partial charge >= 0.3 is 5.97 Å². The highest BCUT2D eigenvalue weighted by Gasteiger charge is 2.23. The van der Waals surface area contributed by atoms with E-state index in [0.29, 0.717) is 28.8 Å². The maximum Gasteiger partial charge on any atom is 0.350 e. The molecule has 0 atom stereocenters. The summed E-state index contributed by atoms with van der Waals surface area (Å²) in [5, 5.41) is 11.2. The van der Waals surface area contributed by atoms with Crippen LogP contribution in [0.25, 0.3) is 21.5 Å². The van der Waals surface area contributed by atoms with Gasteiger partial charge in [0.15, 0.2) is 0 Å². The first-order valence-corrected chi connectivity index (χ1v) is 9.63. The zero-order valence-electron chi connectivity index (χ0n) is 14.8. The van der Waals surface area contributed by atoms with Gasteiger partial charge in [0.25, 0.3) is 0 Å². The Kier molecular flexibility index (Phi) is 4.25. The third-order valence-corrected chi connectivity index (χ3v) is 6.11. The molecule has 1 aliphatic rings. The van der Waals surface area contributed by atoms with Crippen LogP contribution in [0.4, 0.5) is 0 Å². The lowest BCUT2D eigenvalue weighted by Gasteiger charge is -2.27. The van der Waals surface area contributed by atoms with Gasteiger partial charge in [-0.2, -0.15) is 5.26 Å². The summed E-state index contributed by atoms with van der Waals surface area (Å²) < 4.78 is 7.33. The molecular formula is C20H19N3O2S. The number of aromatic nitrogens is 2. The van der Waals surface area contributed by atoms with Crippen molar-refractivity contribution in [2.75, 3.05) is 6.61 Å². The second kappa shape index (κ2) is 6.58. The van der Waals surface area contributed by atoms with Crippen molar-refractivity contribution >= 4 is 28.2 Å². The van der Waals surface area contributed by atoms with E-state index >= 15 is 0 Å². The maximum atomic E-state index is 12.0. The molecule has 26 heavy (non-hydrogen) atoms. The molecule has 0 aliphatic heterocycles. The van der Waals surface area contributed by atoms with Crippen LogP contribution >= 0.6 is 11.3 Å². The Morgan fingerprint density at radius 1 is 1.46 bits per heavy atom. The highest BCUT2D eigenvalue weighted by molar-refractivity contribution is 7.17. The van der Waals surface area contributed by atoms with Crippen molar-refractivity contribution in [2.45, 2.75) is 39.2 Å². The van der Waals surface area contributed by atoms with Crippen molar-refractivity contribution in [3.05, 3.63) is 40.5 Å². The number of carbonyl (C=O) groups excluding carboxylic acids is 1. The fraction of sp³-hybridized carbons (Fsp3) is 0.350. The average Bonchev–Trinajstić information content (AvgIpc) is 3.14. The van der Waals surface area contributed by atoms with Gasteiger partial charge in [-0.3, -0.25) is 0 Å². The molecule has 1 aliphatic carbocycles. The first kappa shape index (κ1) is 16.8. The molecule has 1 saturated carbocycles. The van der Waals surface area contributed by atoms with Crippen LogP contribution in [-0.2, 0) is 4.74 Å². The predicted molar refractivity (Wildman–Crippen MR) is 101 cm³/mol. The molecule has 6 heteroatoms. The minimum absolute atomic E-state index is 0.330. The number of benzene rings is 1. The van der Waals surface area contributed by atoms with E-state index in [1.54, 1.807) is 6.92 Å². The average molecular weight is 365 g/mol. The third-order valence-electron chi connectivity index (χ3n) is 4.93. The zero-order valence-corrected chi connectivity index (χ0v) is 15.6. The van der Waals surface area contributed by atoms with Crippen LogP contribution in [-0.4, -0.2) is 22.1 Å². The van der Waals surface area contributed by atoms with Crippen LogP contribution in [0.3, 0.4) is 0 Å². The Bertz CT molecular complexity index is 1040. The molecule has 1 fully saturated rings. The summed E-state index contributed by atoms with van der Waals surface area (Å²) in [6.07, 6.45) is 5.56. The summed E-state index contributed by atoms with van der Waals surface area (Å²) in [6, 6.07) is 8.90. The zero-order chi connectivity index (χ0) is 18.3. The fourth-order valence-electron chi connectivity index (χ4n) is 3.35. The van der Waals surface area contributed by atoms with E-state index in [9.17, 15) is 10.1 Å². The molecule has 0 bridgehead atoms. The number of esters is 1.